The standard InChI is InChI=1S/C10H18IN3O/c1-2-15-7-3-4-12-5-6-14-9-10(11)8-13-14/h8-9,12H,2-7H2,1H3. The topological polar surface area (TPSA) is 39.1 Å². The van der Waals surface area contributed by atoms with Crippen LogP contribution in [0.15, 0.2) is 12.4 Å². The molecule has 86 valence electrons. The van der Waals surface area contributed by atoms with E-state index in [2.05, 4.69) is 33.0 Å². The number of nitrogens with zero attached hydrogens (tertiary/aromatic N) is 2. The quantitative estimate of drug-likeness (QED) is 0.582. The minimum Gasteiger partial charge on any atom is -0.382 e. The molecule has 0 atom stereocenters. The molecule has 0 aromatic carbocycles. The average molecular weight is 323 g/mol. The molecule has 0 fully saturated rings. The van der Waals surface area contributed by atoms with Crippen molar-refractivity contribution < 1.29 is 4.74 Å². The first-order chi connectivity index (χ1) is 7.33. The van der Waals surface area contributed by atoms with E-state index in [0.29, 0.717) is 0 Å². The van der Waals surface area contributed by atoms with E-state index in [4.69, 9.17) is 4.74 Å². The number of halogens is 1. The Morgan fingerprint density at radius 1 is 1.53 bits per heavy atom. The van der Waals surface area contributed by atoms with E-state index >= 15 is 0 Å². The number of hydrogen-bond donors (Lipinski definition) is 1. The Kier molecular flexibility index (Phi) is 6.95. The maximum absolute atomic E-state index is 5.24. The van der Waals surface area contributed by atoms with Gasteiger partial charge in [-0.25, -0.2) is 0 Å². The van der Waals surface area contributed by atoms with Crippen molar-refractivity contribution in [2.75, 3.05) is 26.3 Å². The summed E-state index contributed by atoms with van der Waals surface area (Å²) in [5.74, 6) is 0. The second-order valence-electron chi connectivity index (χ2n) is 3.22. The van der Waals surface area contributed by atoms with Crippen LogP contribution in [0, 0.1) is 3.57 Å². The number of aromatic nitrogens is 2. The maximum atomic E-state index is 5.24. The minimum atomic E-state index is 0.811. The molecule has 1 aromatic rings. The monoisotopic (exact) mass is 323 g/mol. The molecule has 0 radical (unpaired) electrons. The highest BCUT2D eigenvalue weighted by Crippen LogP contribution is 2.00. The highest BCUT2D eigenvalue weighted by Gasteiger charge is 1.94. The van der Waals surface area contributed by atoms with Crippen molar-refractivity contribution >= 4 is 22.6 Å². The van der Waals surface area contributed by atoms with Crippen molar-refractivity contribution in [3.8, 4) is 0 Å². The predicted octanol–water partition coefficient (Wildman–Crippen LogP) is 1.50. The maximum Gasteiger partial charge on any atom is 0.0623 e. The molecule has 0 aliphatic carbocycles. The molecular formula is C10H18IN3O. The van der Waals surface area contributed by atoms with Gasteiger partial charge >= 0.3 is 0 Å². The first-order valence-electron chi connectivity index (χ1n) is 5.29. The number of nitrogens with one attached hydrogen (secondary N) is 1. The van der Waals surface area contributed by atoms with E-state index in [0.717, 1.165) is 39.3 Å². The van der Waals surface area contributed by atoms with Crippen molar-refractivity contribution in [3.05, 3.63) is 16.0 Å². The zero-order chi connectivity index (χ0) is 10.9. The average Bonchev–Trinajstić information content (AvgIpc) is 2.63. The second-order valence-corrected chi connectivity index (χ2v) is 4.47. The van der Waals surface area contributed by atoms with Crippen LogP contribution in [0.25, 0.3) is 0 Å². The van der Waals surface area contributed by atoms with Gasteiger partial charge < -0.3 is 10.1 Å². The minimum absolute atomic E-state index is 0.811. The van der Waals surface area contributed by atoms with Crippen LogP contribution in [-0.4, -0.2) is 36.1 Å². The fraction of sp³-hybridized carbons (Fsp3) is 0.700. The van der Waals surface area contributed by atoms with Gasteiger partial charge in [-0.3, -0.25) is 4.68 Å². The Bertz CT molecular complexity index is 265. The van der Waals surface area contributed by atoms with Gasteiger partial charge in [0.15, 0.2) is 0 Å². The van der Waals surface area contributed by atoms with Gasteiger partial charge in [0.2, 0.25) is 0 Å². The lowest BCUT2D eigenvalue weighted by atomic mass is 10.4. The van der Waals surface area contributed by atoms with Crippen LogP contribution >= 0.6 is 22.6 Å². The number of hydrogen-bond acceptors (Lipinski definition) is 3. The van der Waals surface area contributed by atoms with Gasteiger partial charge in [0, 0.05) is 26.0 Å². The summed E-state index contributed by atoms with van der Waals surface area (Å²) in [6.45, 7) is 6.58. The molecule has 0 unspecified atom stereocenters. The number of rotatable bonds is 8. The third-order valence-corrected chi connectivity index (χ3v) is 2.52. The molecule has 15 heavy (non-hydrogen) atoms. The van der Waals surface area contributed by atoms with Crippen molar-refractivity contribution in [1.82, 2.24) is 15.1 Å². The Morgan fingerprint density at radius 3 is 3.07 bits per heavy atom. The van der Waals surface area contributed by atoms with E-state index in [1.165, 1.54) is 3.57 Å². The summed E-state index contributed by atoms with van der Waals surface area (Å²) in [7, 11) is 0. The molecule has 0 saturated carbocycles. The summed E-state index contributed by atoms with van der Waals surface area (Å²) in [6.07, 6.45) is 4.99. The summed E-state index contributed by atoms with van der Waals surface area (Å²) in [6, 6.07) is 0. The summed E-state index contributed by atoms with van der Waals surface area (Å²) in [5, 5.41) is 7.57. The molecular weight excluding hydrogens is 305 g/mol. The van der Waals surface area contributed by atoms with E-state index < -0.39 is 0 Å². The van der Waals surface area contributed by atoms with Crippen molar-refractivity contribution in [1.29, 1.82) is 0 Å². The van der Waals surface area contributed by atoms with Crippen molar-refractivity contribution in [3.63, 3.8) is 0 Å². The summed E-state index contributed by atoms with van der Waals surface area (Å²) in [4.78, 5) is 0. The van der Waals surface area contributed by atoms with Gasteiger partial charge in [0.25, 0.3) is 0 Å². The molecule has 0 bridgehead atoms. The fourth-order valence-electron chi connectivity index (χ4n) is 1.22. The third-order valence-electron chi connectivity index (χ3n) is 1.97. The van der Waals surface area contributed by atoms with Gasteiger partial charge in [0.05, 0.1) is 16.3 Å². The van der Waals surface area contributed by atoms with E-state index in [1.807, 2.05) is 24.0 Å². The summed E-state index contributed by atoms with van der Waals surface area (Å²) >= 11 is 2.26. The highest BCUT2D eigenvalue weighted by atomic mass is 127. The molecule has 0 aliphatic heterocycles. The molecule has 0 saturated heterocycles. The first-order valence-corrected chi connectivity index (χ1v) is 6.37. The van der Waals surface area contributed by atoms with Crippen LogP contribution in [-0.2, 0) is 11.3 Å². The zero-order valence-corrected chi connectivity index (χ0v) is 11.2. The predicted molar refractivity (Wildman–Crippen MR) is 68.9 cm³/mol. The molecule has 0 spiro atoms. The summed E-state index contributed by atoms with van der Waals surface area (Å²) < 4.78 is 8.38. The van der Waals surface area contributed by atoms with E-state index in [1.54, 1.807) is 0 Å². The molecule has 0 amide bonds. The van der Waals surface area contributed by atoms with Crippen molar-refractivity contribution in [2.24, 2.45) is 0 Å². The van der Waals surface area contributed by atoms with Crippen LogP contribution in [0.5, 0.6) is 0 Å². The molecule has 0 aliphatic rings. The second kappa shape index (κ2) is 8.06. The van der Waals surface area contributed by atoms with Gasteiger partial charge in [0.1, 0.15) is 0 Å². The summed E-state index contributed by atoms with van der Waals surface area (Å²) in [5.41, 5.74) is 0. The third kappa shape index (κ3) is 6.11. The van der Waals surface area contributed by atoms with Gasteiger partial charge in [-0.2, -0.15) is 5.10 Å². The highest BCUT2D eigenvalue weighted by molar-refractivity contribution is 14.1. The molecule has 1 heterocycles. The van der Waals surface area contributed by atoms with Gasteiger partial charge in [-0.1, -0.05) is 0 Å². The van der Waals surface area contributed by atoms with Crippen LogP contribution in [0.4, 0.5) is 0 Å². The van der Waals surface area contributed by atoms with Gasteiger partial charge in [-0.15, -0.1) is 0 Å². The smallest absolute Gasteiger partial charge is 0.0623 e. The van der Waals surface area contributed by atoms with E-state index in [9.17, 15) is 0 Å². The Morgan fingerprint density at radius 2 is 2.40 bits per heavy atom. The van der Waals surface area contributed by atoms with Crippen LogP contribution in [0.3, 0.4) is 0 Å². The van der Waals surface area contributed by atoms with Crippen molar-refractivity contribution in [2.45, 2.75) is 19.9 Å². The zero-order valence-electron chi connectivity index (χ0n) is 9.08. The Hall–Kier alpha value is -0.140. The van der Waals surface area contributed by atoms with Gasteiger partial charge in [-0.05, 0) is 42.5 Å². The lowest BCUT2D eigenvalue weighted by Crippen LogP contribution is -2.22. The Labute approximate surface area is 105 Å². The normalized spacial score (nSPS) is 10.8. The van der Waals surface area contributed by atoms with Crippen LogP contribution < -0.4 is 5.32 Å². The number of ether oxygens (including phenoxy) is 1. The molecule has 1 rings (SSSR count). The van der Waals surface area contributed by atoms with Crippen LogP contribution in [0.1, 0.15) is 13.3 Å². The molecule has 4 nitrogen and oxygen atoms in total. The largest absolute Gasteiger partial charge is 0.382 e. The molecule has 1 aromatic heterocycles. The fourth-order valence-corrected chi connectivity index (χ4v) is 1.67. The first kappa shape index (κ1) is 12.9. The molecule has 5 heteroatoms. The Balaban J connectivity index is 1.93. The molecule has 1 N–H and O–H groups in total. The van der Waals surface area contributed by atoms with E-state index in [-0.39, 0.29) is 0 Å². The van der Waals surface area contributed by atoms with Crippen LogP contribution in [0.2, 0.25) is 0 Å². The lowest BCUT2D eigenvalue weighted by Gasteiger charge is -2.04. The SMILES string of the molecule is CCOCCCNCCn1cc(I)cn1. The lowest BCUT2D eigenvalue weighted by molar-refractivity contribution is 0.144.